The molecular formula is C14H20FN3O2S. The van der Waals surface area contributed by atoms with E-state index in [0.717, 1.165) is 24.8 Å². The third kappa shape index (κ3) is 2.54. The van der Waals surface area contributed by atoms with E-state index in [2.05, 4.69) is 0 Å². The maximum atomic E-state index is 13.5. The molecular weight excluding hydrogens is 293 g/mol. The zero-order valence-corrected chi connectivity index (χ0v) is 12.7. The zero-order valence-electron chi connectivity index (χ0n) is 11.8. The first-order valence-corrected chi connectivity index (χ1v) is 8.72. The third-order valence-electron chi connectivity index (χ3n) is 4.32. The molecule has 21 heavy (non-hydrogen) atoms. The Morgan fingerprint density at radius 1 is 1.29 bits per heavy atom. The molecule has 0 amide bonds. The third-order valence-corrected chi connectivity index (χ3v) is 6.33. The van der Waals surface area contributed by atoms with Gasteiger partial charge in [-0.2, -0.15) is 12.7 Å². The summed E-state index contributed by atoms with van der Waals surface area (Å²) in [5.41, 5.74) is 7.07. The summed E-state index contributed by atoms with van der Waals surface area (Å²) < 4.78 is 42.1. The maximum Gasteiger partial charge on any atom is 0.304 e. The predicted octanol–water partition coefficient (Wildman–Crippen LogP) is 1.25. The minimum absolute atomic E-state index is 0.152. The van der Waals surface area contributed by atoms with Crippen LogP contribution in [0.2, 0.25) is 0 Å². The van der Waals surface area contributed by atoms with Crippen molar-refractivity contribution in [3.63, 3.8) is 0 Å². The predicted molar refractivity (Wildman–Crippen MR) is 79.8 cm³/mol. The number of rotatable bonds is 3. The molecule has 116 valence electrons. The van der Waals surface area contributed by atoms with Gasteiger partial charge in [0.1, 0.15) is 5.82 Å². The molecule has 2 aliphatic rings. The molecule has 0 spiro atoms. The van der Waals surface area contributed by atoms with Crippen LogP contribution in [0.3, 0.4) is 0 Å². The van der Waals surface area contributed by atoms with Crippen LogP contribution in [0, 0.1) is 5.82 Å². The number of halogens is 1. The molecule has 0 aromatic heterocycles. The molecule has 2 heterocycles. The van der Waals surface area contributed by atoms with Crippen molar-refractivity contribution in [1.29, 1.82) is 0 Å². The van der Waals surface area contributed by atoms with E-state index in [-0.39, 0.29) is 6.04 Å². The van der Waals surface area contributed by atoms with Crippen molar-refractivity contribution in [2.75, 3.05) is 23.9 Å². The molecule has 2 N–H and O–H groups in total. The van der Waals surface area contributed by atoms with E-state index in [1.54, 1.807) is 6.07 Å². The topological polar surface area (TPSA) is 66.6 Å². The highest BCUT2D eigenvalue weighted by Crippen LogP contribution is 2.33. The fourth-order valence-electron chi connectivity index (χ4n) is 3.20. The van der Waals surface area contributed by atoms with E-state index >= 15 is 0 Å². The van der Waals surface area contributed by atoms with E-state index in [0.29, 0.717) is 31.7 Å². The van der Waals surface area contributed by atoms with E-state index in [1.165, 1.54) is 20.7 Å². The summed E-state index contributed by atoms with van der Waals surface area (Å²) in [6, 6.07) is 4.19. The highest BCUT2D eigenvalue weighted by molar-refractivity contribution is 7.90. The summed E-state index contributed by atoms with van der Waals surface area (Å²) in [5.74, 6) is -0.412. The summed E-state index contributed by atoms with van der Waals surface area (Å²) >= 11 is 0. The lowest BCUT2D eigenvalue weighted by atomic mass is 10.1. The molecule has 1 unspecified atom stereocenters. The number of nitrogens with zero attached hydrogens (tertiary/aromatic N) is 2. The second kappa shape index (κ2) is 5.55. The van der Waals surface area contributed by atoms with Crippen molar-refractivity contribution >= 4 is 15.9 Å². The molecule has 1 aromatic rings. The average molecular weight is 313 g/mol. The Balaban J connectivity index is 1.95. The summed E-state index contributed by atoms with van der Waals surface area (Å²) in [6.07, 6.45) is 3.26. The quantitative estimate of drug-likeness (QED) is 0.913. The number of anilines is 1. The van der Waals surface area contributed by atoms with Crippen LogP contribution >= 0.6 is 0 Å². The lowest BCUT2D eigenvalue weighted by Gasteiger charge is -2.37. The first-order valence-electron chi connectivity index (χ1n) is 7.32. The SMILES string of the molecule is NCC1CCCCN1S(=O)(=O)N1CCc2ccc(F)cc21. The van der Waals surface area contributed by atoms with E-state index < -0.39 is 16.0 Å². The van der Waals surface area contributed by atoms with Crippen LogP contribution in [-0.4, -0.2) is 38.4 Å². The first-order chi connectivity index (χ1) is 10.0. The highest BCUT2D eigenvalue weighted by Gasteiger charge is 2.38. The van der Waals surface area contributed by atoms with Crippen molar-refractivity contribution in [3.05, 3.63) is 29.6 Å². The van der Waals surface area contributed by atoms with Crippen molar-refractivity contribution in [3.8, 4) is 0 Å². The van der Waals surface area contributed by atoms with Gasteiger partial charge in [0.2, 0.25) is 0 Å². The highest BCUT2D eigenvalue weighted by atomic mass is 32.2. The first kappa shape index (κ1) is 14.7. The van der Waals surface area contributed by atoms with Crippen LogP contribution in [-0.2, 0) is 16.6 Å². The Bertz CT molecular complexity index is 635. The second-order valence-corrected chi connectivity index (χ2v) is 7.40. The van der Waals surface area contributed by atoms with Crippen LogP contribution in [0.1, 0.15) is 24.8 Å². The zero-order chi connectivity index (χ0) is 15.0. The minimum Gasteiger partial charge on any atom is -0.329 e. The monoisotopic (exact) mass is 313 g/mol. The molecule has 5 nitrogen and oxygen atoms in total. The maximum absolute atomic E-state index is 13.5. The van der Waals surface area contributed by atoms with Crippen LogP contribution in [0.5, 0.6) is 0 Å². The van der Waals surface area contributed by atoms with Gasteiger partial charge in [0.05, 0.1) is 5.69 Å². The van der Waals surface area contributed by atoms with Gasteiger partial charge in [-0.1, -0.05) is 12.5 Å². The van der Waals surface area contributed by atoms with Gasteiger partial charge in [-0.3, -0.25) is 4.31 Å². The molecule has 1 atom stereocenters. The molecule has 3 rings (SSSR count). The van der Waals surface area contributed by atoms with Crippen molar-refractivity contribution in [1.82, 2.24) is 4.31 Å². The fraction of sp³-hybridized carbons (Fsp3) is 0.571. The molecule has 1 fully saturated rings. The van der Waals surface area contributed by atoms with Crippen molar-refractivity contribution < 1.29 is 12.8 Å². The molecule has 0 radical (unpaired) electrons. The number of hydrogen-bond acceptors (Lipinski definition) is 3. The summed E-state index contributed by atoms with van der Waals surface area (Å²) in [7, 11) is -3.63. The van der Waals surface area contributed by atoms with Gasteiger partial charge in [-0.25, -0.2) is 4.39 Å². The van der Waals surface area contributed by atoms with Gasteiger partial charge in [0.25, 0.3) is 0 Å². The lowest BCUT2D eigenvalue weighted by molar-refractivity contribution is 0.257. The lowest BCUT2D eigenvalue weighted by Crippen LogP contribution is -2.52. The molecule has 0 bridgehead atoms. The van der Waals surface area contributed by atoms with Crippen molar-refractivity contribution in [2.45, 2.75) is 31.7 Å². The molecule has 7 heteroatoms. The Hall–Kier alpha value is -1.18. The minimum atomic E-state index is -3.63. The fourth-order valence-corrected chi connectivity index (χ4v) is 5.12. The van der Waals surface area contributed by atoms with Gasteiger partial charge in [-0.05, 0) is 37.0 Å². The number of nitrogens with two attached hydrogens (primary N) is 1. The van der Waals surface area contributed by atoms with E-state index in [9.17, 15) is 12.8 Å². The van der Waals surface area contributed by atoms with Crippen LogP contribution in [0.25, 0.3) is 0 Å². The Kier molecular flexibility index (Phi) is 3.90. The van der Waals surface area contributed by atoms with Gasteiger partial charge in [-0.15, -0.1) is 0 Å². The smallest absolute Gasteiger partial charge is 0.304 e. The molecule has 1 saturated heterocycles. The number of hydrogen-bond donors (Lipinski definition) is 1. The summed E-state index contributed by atoms with van der Waals surface area (Å²) in [4.78, 5) is 0. The van der Waals surface area contributed by atoms with Crippen molar-refractivity contribution in [2.24, 2.45) is 5.73 Å². The van der Waals surface area contributed by atoms with Crippen LogP contribution in [0.15, 0.2) is 18.2 Å². The number of fused-ring (bicyclic) bond motifs is 1. The molecule has 0 aliphatic carbocycles. The van der Waals surface area contributed by atoms with Crippen LogP contribution < -0.4 is 10.0 Å². The number of benzene rings is 1. The summed E-state index contributed by atoms with van der Waals surface area (Å²) in [5, 5.41) is 0. The normalized spacial score (nSPS) is 23.3. The Morgan fingerprint density at radius 2 is 2.10 bits per heavy atom. The van der Waals surface area contributed by atoms with Gasteiger partial charge in [0, 0.05) is 25.7 Å². The second-order valence-electron chi connectivity index (χ2n) is 5.60. The Labute approximate surface area is 124 Å². The van der Waals surface area contributed by atoms with E-state index in [1.807, 2.05) is 0 Å². The largest absolute Gasteiger partial charge is 0.329 e. The standard InChI is InChI=1S/C14H20FN3O2S/c15-12-5-4-11-6-8-18(14(11)9-12)21(19,20)17-7-2-1-3-13(17)10-16/h4-5,9,13H,1-3,6-8,10,16H2. The van der Waals surface area contributed by atoms with Crippen LogP contribution in [0.4, 0.5) is 10.1 Å². The summed E-state index contributed by atoms with van der Waals surface area (Å²) in [6.45, 7) is 1.18. The molecule has 0 saturated carbocycles. The van der Waals surface area contributed by atoms with Gasteiger partial charge in [0.15, 0.2) is 0 Å². The Morgan fingerprint density at radius 3 is 2.86 bits per heavy atom. The van der Waals surface area contributed by atoms with Gasteiger partial charge < -0.3 is 5.73 Å². The molecule has 2 aliphatic heterocycles. The molecule has 1 aromatic carbocycles. The van der Waals surface area contributed by atoms with Gasteiger partial charge >= 0.3 is 10.2 Å². The average Bonchev–Trinajstić information content (AvgIpc) is 2.90. The van der Waals surface area contributed by atoms with E-state index in [4.69, 9.17) is 5.73 Å². The number of piperidine rings is 1.